The van der Waals surface area contributed by atoms with Crippen molar-refractivity contribution in [2.45, 2.75) is 32.4 Å². The lowest BCUT2D eigenvalue weighted by atomic mass is 9.95. The molecule has 3 rings (SSSR count). The molecule has 0 saturated carbocycles. The molecule has 0 bridgehead atoms. The summed E-state index contributed by atoms with van der Waals surface area (Å²) >= 11 is 2.76. The zero-order valence-electron chi connectivity index (χ0n) is 12.4. The van der Waals surface area contributed by atoms with Gasteiger partial charge in [-0.1, -0.05) is 20.8 Å². The molecular formula is C15H16N2O3S2. The molecule has 0 aliphatic heterocycles. The van der Waals surface area contributed by atoms with Crippen molar-refractivity contribution >= 4 is 32.9 Å². The number of fused-ring (bicyclic) bond motifs is 1. The Morgan fingerprint density at radius 2 is 2.05 bits per heavy atom. The number of rotatable bonds is 2. The number of hydrogen-bond acceptors (Lipinski definition) is 5. The molecule has 0 amide bonds. The van der Waals surface area contributed by atoms with Crippen LogP contribution in [0.2, 0.25) is 0 Å². The van der Waals surface area contributed by atoms with E-state index in [9.17, 15) is 14.7 Å². The van der Waals surface area contributed by atoms with E-state index in [1.807, 2.05) is 6.07 Å². The Labute approximate surface area is 134 Å². The highest BCUT2D eigenvalue weighted by atomic mass is 32.1. The van der Waals surface area contributed by atoms with Gasteiger partial charge >= 0.3 is 5.69 Å². The number of nitrogens with one attached hydrogen (secondary N) is 1. The first-order valence-electron chi connectivity index (χ1n) is 6.78. The summed E-state index contributed by atoms with van der Waals surface area (Å²) < 4.78 is 1.33. The highest BCUT2D eigenvalue weighted by molar-refractivity contribution is 7.19. The van der Waals surface area contributed by atoms with Gasteiger partial charge in [0.25, 0.3) is 5.56 Å². The minimum atomic E-state index is -1.27. The molecule has 3 aromatic heterocycles. The molecule has 0 aliphatic rings. The third kappa shape index (κ3) is 2.45. The normalized spacial score (nSPS) is 13.6. The van der Waals surface area contributed by atoms with Crippen LogP contribution in [0.5, 0.6) is 0 Å². The molecule has 0 aromatic carbocycles. The fourth-order valence-electron chi connectivity index (χ4n) is 2.18. The van der Waals surface area contributed by atoms with Crippen LogP contribution in [-0.4, -0.2) is 14.7 Å². The third-order valence-electron chi connectivity index (χ3n) is 3.43. The molecule has 0 spiro atoms. The van der Waals surface area contributed by atoms with Gasteiger partial charge in [0.1, 0.15) is 4.70 Å². The van der Waals surface area contributed by atoms with Gasteiger partial charge in [-0.05, 0) is 28.3 Å². The van der Waals surface area contributed by atoms with E-state index in [0.29, 0.717) is 15.8 Å². The van der Waals surface area contributed by atoms with Crippen LogP contribution in [0.4, 0.5) is 0 Å². The number of aliphatic hydroxyl groups is 1. The van der Waals surface area contributed by atoms with E-state index in [4.69, 9.17) is 0 Å². The van der Waals surface area contributed by atoms with Crippen molar-refractivity contribution in [2.75, 3.05) is 0 Å². The van der Waals surface area contributed by atoms with E-state index in [0.717, 1.165) is 9.44 Å². The molecule has 22 heavy (non-hydrogen) atoms. The predicted molar refractivity (Wildman–Crippen MR) is 90.1 cm³/mol. The van der Waals surface area contributed by atoms with Gasteiger partial charge < -0.3 is 10.1 Å². The van der Waals surface area contributed by atoms with Crippen LogP contribution in [0.3, 0.4) is 0 Å². The van der Waals surface area contributed by atoms with Gasteiger partial charge in [0, 0.05) is 10.4 Å². The summed E-state index contributed by atoms with van der Waals surface area (Å²) in [6.45, 7) is 6.15. The Kier molecular flexibility index (Phi) is 3.58. The molecule has 1 unspecified atom stereocenters. The first-order chi connectivity index (χ1) is 10.3. The first kappa shape index (κ1) is 15.2. The van der Waals surface area contributed by atoms with Crippen molar-refractivity contribution in [1.29, 1.82) is 0 Å². The second-order valence-electron chi connectivity index (χ2n) is 6.14. The van der Waals surface area contributed by atoms with Crippen LogP contribution in [-0.2, 0) is 5.41 Å². The van der Waals surface area contributed by atoms with Crippen LogP contribution in [0.15, 0.2) is 32.5 Å². The monoisotopic (exact) mass is 336 g/mol. The fourth-order valence-corrected chi connectivity index (χ4v) is 3.96. The number of thiophene rings is 2. The average molecular weight is 336 g/mol. The van der Waals surface area contributed by atoms with Crippen molar-refractivity contribution in [3.05, 3.63) is 54.2 Å². The third-order valence-corrected chi connectivity index (χ3v) is 5.68. The summed E-state index contributed by atoms with van der Waals surface area (Å²) in [4.78, 5) is 28.5. The lowest BCUT2D eigenvalue weighted by molar-refractivity contribution is 0.138. The van der Waals surface area contributed by atoms with Crippen LogP contribution >= 0.6 is 22.7 Å². The Balaban J connectivity index is 2.25. The minimum Gasteiger partial charge on any atom is -0.369 e. The van der Waals surface area contributed by atoms with Gasteiger partial charge in [0.15, 0.2) is 6.23 Å². The van der Waals surface area contributed by atoms with E-state index in [1.54, 1.807) is 16.8 Å². The SMILES string of the molecule is CC(C)(C)c1cc2[nH]c(=O)n(C(O)c3ccsc3)c(=O)c2s1. The molecule has 0 radical (unpaired) electrons. The second-order valence-corrected chi connectivity index (χ2v) is 7.97. The van der Waals surface area contributed by atoms with E-state index in [-0.39, 0.29) is 5.41 Å². The molecule has 1 atom stereocenters. The van der Waals surface area contributed by atoms with Gasteiger partial charge in [-0.3, -0.25) is 4.79 Å². The number of nitrogens with zero attached hydrogens (tertiary/aromatic N) is 1. The van der Waals surface area contributed by atoms with E-state index in [2.05, 4.69) is 25.8 Å². The van der Waals surface area contributed by atoms with Crippen molar-refractivity contribution in [1.82, 2.24) is 9.55 Å². The Hall–Kier alpha value is -1.70. The van der Waals surface area contributed by atoms with Crippen LogP contribution in [0.25, 0.3) is 10.2 Å². The smallest absolute Gasteiger partial charge is 0.331 e. The van der Waals surface area contributed by atoms with Crippen molar-refractivity contribution in [3.63, 3.8) is 0 Å². The highest BCUT2D eigenvalue weighted by Gasteiger charge is 2.22. The highest BCUT2D eigenvalue weighted by Crippen LogP contribution is 2.31. The second kappa shape index (κ2) is 5.19. The van der Waals surface area contributed by atoms with Gasteiger partial charge in [-0.25, -0.2) is 9.36 Å². The average Bonchev–Trinajstić information content (AvgIpc) is 3.06. The molecule has 5 nitrogen and oxygen atoms in total. The maximum absolute atomic E-state index is 12.6. The maximum atomic E-state index is 12.6. The van der Waals surface area contributed by atoms with Crippen molar-refractivity contribution < 1.29 is 5.11 Å². The molecule has 2 N–H and O–H groups in total. The zero-order valence-corrected chi connectivity index (χ0v) is 14.0. The Morgan fingerprint density at radius 1 is 1.32 bits per heavy atom. The molecule has 116 valence electrons. The largest absolute Gasteiger partial charge is 0.369 e. The molecule has 3 aromatic rings. The lowest BCUT2D eigenvalue weighted by Gasteiger charge is -2.14. The standard InChI is InChI=1S/C15H16N2O3S2/c1-15(2,3)10-6-9-11(22-10)13(19)17(14(20)16-9)12(18)8-4-5-21-7-8/h4-7,12,18H,1-3H3,(H,16,20). The summed E-state index contributed by atoms with van der Waals surface area (Å²) in [5, 5.41) is 13.8. The van der Waals surface area contributed by atoms with E-state index < -0.39 is 17.5 Å². The number of hydrogen-bond donors (Lipinski definition) is 2. The molecule has 0 saturated heterocycles. The molecule has 0 fully saturated rings. The first-order valence-corrected chi connectivity index (χ1v) is 8.54. The summed E-state index contributed by atoms with van der Waals surface area (Å²) in [6, 6.07) is 3.53. The van der Waals surface area contributed by atoms with Gasteiger partial charge in [0.2, 0.25) is 0 Å². The maximum Gasteiger partial charge on any atom is 0.331 e. The van der Waals surface area contributed by atoms with Crippen molar-refractivity contribution in [2.24, 2.45) is 0 Å². The lowest BCUT2D eigenvalue weighted by Crippen LogP contribution is -2.37. The zero-order chi connectivity index (χ0) is 16.1. The number of H-pyrrole nitrogens is 1. The Bertz CT molecular complexity index is 926. The predicted octanol–water partition coefficient (Wildman–Crippen LogP) is 2.65. The minimum absolute atomic E-state index is 0.107. The summed E-state index contributed by atoms with van der Waals surface area (Å²) in [5.74, 6) is 0. The van der Waals surface area contributed by atoms with Crippen LogP contribution in [0.1, 0.15) is 37.4 Å². The molecular weight excluding hydrogens is 320 g/mol. The Morgan fingerprint density at radius 3 is 2.64 bits per heavy atom. The van der Waals surface area contributed by atoms with Crippen molar-refractivity contribution in [3.8, 4) is 0 Å². The molecule has 3 heterocycles. The van der Waals surface area contributed by atoms with Gasteiger partial charge in [-0.15, -0.1) is 11.3 Å². The molecule has 0 aliphatic carbocycles. The number of aromatic nitrogens is 2. The van der Waals surface area contributed by atoms with E-state index >= 15 is 0 Å². The summed E-state index contributed by atoms with van der Waals surface area (Å²) in [7, 11) is 0. The topological polar surface area (TPSA) is 75.1 Å². The number of aromatic amines is 1. The van der Waals surface area contributed by atoms with Gasteiger partial charge in [0.05, 0.1) is 5.52 Å². The summed E-state index contributed by atoms with van der Waals surface area (Å²) in [6.07, 6.45) is -1.27. The number of aliphatic hydroxyl groups excluding tert-OH is 1. The van der Waals surface area contributed by atoms with Crippen LogP contribution in [0, 0.1) is 0 Å². The molecule has 7 heteroatoms. The fraction of sp³-hybridized carbons (Fsp3) is 0.333. The summed E-state index contributed by atoms with van der Waals surface area (Å²) in [5.41, 5.74) is -0.111. The van der Waals surface area contributed by atoms with Crippen LogP contribution < -0.4 is 11.2 Å². The quantitative estimate of drug-likeness (QED) is 0.755. The van der Waals surface area contributed by atoms with Gasteiger partial charge in [-0.2, -0.15) is 11.3 Å². The van der Waals surface area contributed by atoms with E-state index in [1.165, 1.54) is 22.7 Å².